The number of aryl methyl sites for hydroxylation is 1. The number of hydrogen-bond donors (Lipinski definition) is 3. The molecule has 5 rings (SSSR count). The molecule has 0 radical (unpaired) electrons. The van der Waals surface area contributed by atoms with Crippen LogP contribution in [0.25, 0.3) is 22.2 Å². The molecular formula is C25H28ClN7OS. The second-order valence-corrected chi connectivity index (χ2v) is 9.99. The first-order valence-corrected chi connectivity index (χ1v) is 12.8. The number of benzene rings is 2. The molecular weight excluding hydrogens is 482 g/mol. The molecule has 0 atom stereocenters. The molecule has 182 valence electrons. The first-order chi connectivity index (χ1) is 17.0. The quantitative estimate of drug-likeness (QED) is 0.281. The average Bonchev–Trinajstić information content (AvgIpc) is 3.24. The number of nitrogens with two attached hydrogens (primary N) is 1. The largest absolute Gasteiger partial charge is 0.494 e. The van der Waals surface area contributed by atoms with E-state index in [9.17, 15) is 0 Å². The Kier molecular flexibility index (Phi) is 6.99. The van der Waals surface area contributed by atoms with Crippen molar-refractivity contribution in [2.75, 3.05) is 17.1 Å². The second kappa shape index (κ2) is 10.3. The standard InChI is InChI=1S/C25H28ClN7OS/c1-33-20(13-23(31-33)32-35-22-6-4-3-5-19(22)26)15-11-16-14-28-25(30-24(16)21(12-15)34-2)29-18-9-7-17(27)8-10-18/h3-6,11-14,17-18H,7-10,27H2,1-2H3,(H,31,32)(H,28,29,30). The van der Waals surface area contributed by atoms with Crippen LogP contribution < -0.4 is 20.5 Å². The van der Waals surface area contributed by atoms with E-state index in [1.165, 1.54) is 11.9 Å². The van der Waals surface area contributed by atoms with Crippen molar-refractivity contribution in [3.8, 4) is 17.0 Å². The number of methoxy groups -OCH3 is 1. The van der Waals surface area contributed by atoms with E-state index in [1.54, 1.807) is 7.11 Å². The molecule has 2 heterocycles. The summed E-state index contributed by atoms with van der Waals surface area (Å²) in [6.45, 7) is 0. The van der Waals surface area contributed by atoms with E-state index < -0.39 is 0 Å². The van der Waals surface area contributed by atoms with Crippen molar-refractivity contribution in [3.63, 3.8) is 0 Å². The monoisotopic (exact) mass is 509 g/mol. The minimum atomic E-state index is 0.307. The van der Waals surface area contributed by atoms with E-state index in [2.05, 4.69) is 26.2 Å². The molecule has 0 aliphatic heterocycles. The number of ether oxygens (including phenoxy) is 1. The number of hydrogen-bond acceptors (Lipinski definition) is 8. The highest BCUT2D eigenvalue weighted by molar-refractivity contribution is 8.00. The minimum Gasteiger partial charge on any atom is -0.494 e. The Morgan fingerprint density at radius 2 is 1.94 bits per heavy atom. The predicted octanol–water partition coefficient (Wildman–Crippen LogP) is 5.49. The molecule has 8 nitrogen and oxygen atoms in total. The van der Waals surface area contributed by atoms with Gasteiger partial charge in [0.2, 0.25) is 5.95 Å². The summed E-state index contributed by atoms with van der Waals surface area (Å²) in [5, 5.41) is 9.67. The first-order valence-electron chi connectivity index (χ1n) is 11.6. The Bertz CT molecular complexity index is 1340. The molecule has 2 aromatic heterocycles. The van der Waals surface area contributed by atoms with Crippen molar-refractivity contribution in [3.05, 3.63) is 53.7 Å². The van der Waals surface area contributed by atoms with Crippen molar-refractivity contribution in [1.29, 1.82) is 0 Å². The molecule has 1 saturated carbocycles. The van der Waals surface area contributed by atoms with Gasteiger partial charge in [-0.05, 0) is 61.9 Å². The van der Waals surface area contributed by atoms with E-state index in [-0.39, 0.29) is 0 Å². The molecule has 2 aromatic carbocycles. The molecule has 35 heavy (non-hydrogen) atoms. The van der Waals surface area contributed by atoms with E-state index in [0.29, 0.717) is 28.8 Å². The third-order valence-corrected chi connectivity index (χ3v) is 7.58. The number of anilines is 2. The lowest BCUT2D eigenvalue weighted by Crippen LogP contribution is -2.33. The van der Waals surface area contributed by atoms with Crippen molar-refractivity contribution < 1.29 is 4.74 Å². The lowest BCUT2D eigenvalue weighted by Gasteiger charge is -2.26. The highest BCUT2D eigenvalue weighted by Crippen LogP contribution is 2.34. The minimum absolute atomic E-state index is 0.307. The maximum absolute atomic E-state index is 6.26. The second-order valence-electron chi connectivity index (χ2n) is 8.74. The van der Waals surface area contributed by atoms with Crippen molar-refractivity contribution in [2.45, 2.75) is 42.7 Å². The zero-order valence-electron chi connectivity index (χ0n) is 19.7. The van der Waals surface area contributed by atoms with Crippen LogP contribution in [0.15, 0.2) is 53.6 Å². The van der Waals surface area contributed by atoms with Crippen LogP contribution in [-0.2, 0) is 7.05 Å². The fourth-order valence-electron chi connectivity index (χ4n) is 4.35. The number of nitrogens with zero attached hydrogens (tertiary/aromatic N) is 4. The van der Waals surface area contributed by atoms with E-state index in [4.69, 9.17) is 27.1 Å². The summed E-state index contributed by atoms with van der Waals surface area (Å²) < 4.78 is 10.8. The van der Waals surface area contributed by atoms with Gasteiger partial charge >= 0.3 is 0 Å². The fraction of sp³-hybridized carbons (Fsp3) is 0.320. The Labute approximate surface area is 213 Å². The zero-order chi connectivity index (χ0) is 24.4. The van der Waals surface area contributed by atoms with Crippen LogP contribution in [0.3, 0.4) is 0 Å². The number of fused-ring (bicyclic) bond motifs is 1. The molecule has 4 N–H and O–H groups in total. The molecule has 0 unspecified atom stereocenters. The lowest BCUT2D eigenvalue weighted by molar-refractivity contribution is 0.409. The molecule has 0 bridgehead atoms. The van der Waals surface area contributed by atoms with Gasteiger partial charge in [0.15, 0.2) is 5.82 Å². The van der Waals surface area contributed by atoms with Gasteiger partial charge in [-0.15, -0.1) is 0 Å². The van der Waals surface area contributed by atoms with Gasteiger partial charge in [0.25, 0.3) is 0 Å². The molecule has 1 aliphatic carbocycles. The fourth-order valence-corrected chi connectivity index (χ4v) is 5.23. The van der Waals surface area contributed by atoms with Crippen LogP contribution in [0.5, 0.6) is 5.75 Å². The highest BCUT2D eigenvalue weighted by Gasteiger charge is 2.20. The molecule has 1 fully saturated rings. The third-order valence-electron chi connectivity index (χ3n) is 6.25. The van der Waals surface area contributed by atoms with E-state index >= 15 is 0 Å². The SMILES string of the molecule is COc1cc(-c2cc(NSc3ccccc3Cl)nn2C)cc2cnc(NC3CCC(N)CC3)nc12. The van der Waals surface area contributed by atoms with E-state index in [0.717, 1.165) is 58.6 Å². The third kappa shape index (κ3) is 5.32. The number of aromatic nitrogens is 4. The van der Waals surface area contributed by atoms with Gasteiger partial charge in [0.05, 0.1) is 17.8 Å². The van der Waals surface area contributed by atoms with Crippen LogP contribution in [0.4, 0.5) is 11.8 Å². The Hall–Kier alpha value is -3.01. The Morgan fingerprint density at radius 1 is 1.14 bits per heavy atom. The average molecular weight is 510 g/mol. The summed E-state index contributed by atoms with van der Waals surface area (Å²) in [7, 11) is 3.57. The van der Waals surface area contributed by atoms with Crippen molar-refractivity contribution in [2.24, 2.45) is 12.8 Å². The normalized spacial score (nSPS) is 17.9. The molecule has 10 heteroatoms. The summed E-state index contributed by atoms with van der Waals surface area (Å²) in [5.74, 6) is 2.04. The van der Waals surface area contributed by atoms with Gasteiger partial charge in [0, 0.05) is 47.2 Å². The van der Waals surface area contributed by atoms with E-state index in [1.807, 2.05) is 54.3 Å². The molecule has 4 aromatic rings. The summed E-state index contributed by atoms with van der Waals surface area (Å²) in [6.07, 6.45) is 5.95. The number of halogens is 1. The van der Waals surface area contributed by atoms with Gasteiger partial charge in [0.1, 0.15) is 11.3 Å². The molecule has 1 aliphatic rings. The van der Waals surface area contributed by atoms with Crippen molar-refractivity contribution >= 4 is 46.2 Å². The molecule has 0 amide bonds. The van der Waals surface area contributed by atoms with Gasteiger partial charge in [-0.2, -0.15) is 5.10 Å². The summed E-state index contributed by atoms with van der Waals surface area (Å²) in [4.78, 5) is 10.3. The lowest BCUT2D eigenvalue weighted by atomic mass is 9.92. The van der Waals surface area contributed by atoms with Crippen LogP contribution in [-0.4, -0.2) is 38.9 Å². The topological polar surface area (TPSA) is 103 Å². The maximum atomic E-state index is 6.26. The van der Waals surface area contributed by atoms with Gasteiger partial charge in [-0.25, -0.2) is 9.97 Å². The van der Waals surface area contributed by atoms with Gasteiger partial charge < -0.3 is 20.5 Å². The number of rotatable bonds is 7. The number of nitrogens with one attached hydrogen (secondary N) is 2. The van der Waals surface area contributed by atoms with Crippen LogP contribution >= 0.6 is 23.5 Å². The van der Waals surface area contributed by atoms with Crippen LogP contribution in [0, 0.1) is 0 Å². The summed E-state index contributed by atoms with van der Waals surface area (Å²) in [5.41, 5.74) is 8.71. The zero-order valence-corrected chi connectivity index (χ0v) is 21.2. The van der Waals surface area contributed by atoms with Gasteiger partial charge in [-0.1, -0.05) is 23.7 Å². The van der Waals surface area contributed by atoms with Crippen molar-refractivity contribution in [1.82, 2.24) is 19.7 Å². The van der Waals surface area contributed by atoms with Crippen LogP contribution in [0.1, 0.15) is 25.7 Å². The van der Waals surface area contributed by atoms with Crippen LogP contribution in [0.2, 0.25) is 5.02 Å². The molecule has 0 spiro atoms. The maximum Gasteiger partial charge on any atom is 0.223 e. The smallest absolute Gasteiger partial charge is 0.223 e. The Morgan fingerprint density at radius 3 is 2.71 bits per heavy atom. The highest BCUT2D eigenvalue weighted by atomic mass is 35.5. The summed E-state index contributed by atoms with van der Waals surface area (Å²) >= 11 is 7.69. The van der Waals surface area contributed by atoms with Gasteiger partial charge in [-0.3, -0.25) is 4.68 Å². The molecule has 0 saturated heterocycles. The first kappa shape index (κ1) is 23.7. The predicted molar refractivity (Wildman–Crippen MR) is 143 cm³/mol. The summed E-state index contributed by atoms with van der Waals surface area (Å²) in [6, 6.07) is 14.4. The Balaban J connectivity index is 1.38.